The van der Waals surface area contributed by atoms with Gasteiger partial charge >= 0.3 is 0 Å². The predicted octanol–water partition coefficient (Wildman–Crippen LogP) is 2.02. The third-order valence-corrected chi connectivity index (χ3v) is 2.66. The van der Waals surface area contributed by atoms with E-state index in [0.717, 1.165) is 18.8 Å². The zero-order chi connectivity index (χ0) is 9.26. The van der Waals surface area contributed by atoms with Crippen molar-refractivity contribution in [2.75, 3.05) is 0 Å². The van der Waals surface area contributed by atoms with Crippen LogP contribution in [0.3, 0.4) is 0 Å². The van der Waals surface area contributed by atoms with E-state index in [2.05, 4.69) is 17.1 Å². The second-order valence-corrected chi connectivity index (χ2v) is 3.80. The van der Waals surface area contributed by atoms with Gasteiger partial charge in [0.2, 0.25) is 0 Å². The number of aryl methyl sites for hydroxylation is 1. The molecule has 0 saturated carbocycles. The summed E-state index contributed by atoms with van der Waals surface area (Å²) in [6.45, 7) is 2.24. The molecule has 1 N–H and O–H groups in total. The van der Waals surface area contributed by atoms with Gasteiger partial charge in [-0.25, -0.2) is 4.98 Å². The summed E-state index contributed by atoms with van der Waals surface area (Å²) >= 11 is 0. The SMILES string of the molecule is CC1CCc2[nH+]cc(N=O)cc2C1. The van der Waals surface area contributed by atoms with Gasteiger partial charge in [0.1, 0.15) is 0 Å². The van der Waals surface area contributed by atoms with Gasteiger partial charge in [0.15, 0.2) is 17.6 Å². The summed E-state index contributed by atoms with van der Waals surface area (Å²) in [7, 11) is 0. The van der Waals surface area contributed by atoms with Gasteiger partial charge in [0.05, 0.1) is 0 Å². The summed E-state index contributed by atoms with van der Waals surface area (Å²) in [4.78, 5) is 13.4. The van der Waals surface area contributed by atoms with Crippen LogP contribution in [0.4, 0.5) is 5.69 Å². The lowest BCUT2D eigenvalue weighted by molar-refractivity contribution is -0.391. The largest absolute Gasteiger partial charge is 0.213 e. The molecule has 1 aromatic rings. The molecule has 0 fully saturated rings. The number of aromatic amines is 1. The van der Waals surface area contributed by atoms with Crippen LogP contribution in [0.25, 0.3) is 0 Å². The van der Waals surface area contributed by atoms with Gasteiger partial charge in [-0.05, 0) is 30.0 Å². The Morgan fingerprint density at radius 2 is 2.46 bits per heavy atom. The number of nitroso groups, excluding NO2 is 1. The van der Waals surface area contributed by atoms with E-state index in [1.807, 2.05) is 6.07 Å². The van der Waals surface area contributed by atoms with Crippen molar-refractivity contribution >= 4 is 5.69 Å². The molecule has 1 atom stereocenters. The molecular weight excluding hydrogens is 164 g/mol. The van der Waals surface area contributed by atoms with Crippen LogP contribution in [0.15, 0.2) is 17.4 Å². The molecule has 1 aromatic heterocycles. The topological polar surface area (TPSA) is 43.6 Å². The number of fused-ring (bicyclic) bond motifs is 1. The molecule has 0 aliphatic heterocycles. The summed E-state index contributed by atoms with van der Waals surface area (Å²) in [6, 6.07) is 1.90. The fourth-order valence-electron chi connectivity index (χ4n) is 1.90. The molecule has 0 radical (unpaired) electrons. The smallest absolute Gasteiger partial charge is 0.196 e. The summed E-state index contributed by atoms with van der Waals surface area (Å²) in [5, 5.41) is 2.92. The molecule has 0 amide bonds. The molecule has 0 spiro atoms. The molecule has 1 aliphatic carbocycles. The third-order valence-electron chi connectivity index (χ3n) is 2.66. The van der Waals surface area contributed by atoms with E-state index >= 15 is 0 Å². The normalized spacial score (nSPS) is 20.8. The van der Waals surface area contributed by atoms with Gasteiger partial charge in [0.25, 0.3) is 0 Å². The summed E-state index contributed by atoms with van der Waals surface area (Å²) in [5.41, 5.74) is 3.04. The van der Waals surface area contributed by atoms with Crippen LogP contribution in [0.5, 0.6) is 0 Å². The minimum atomic E-state index is 0.507. The first-order valence-electron chi connectivity index (χ1n) is 4.66. The highest BCUT2D eigenvalue weighted by Gasteiger charge is 2.20. The van der Waals surface area contributed by atoms with Crippen LogP contribution >= 0.6 is 0 Å². The van der Waals surface area contributed by atoms with Crippen molar-refractivity contribution in [2.24, 2.45) is 11.1 Å². The van der Waals surface area contributed by atoms with E-state index in [-0.39, 0.29) is 0 Å². The minimum Gasteiger partial charge on any atom is -0.213 e. The number of rotatable bonds is 1. The molecule has 0 bridgehead atoms. The van der Waals surface area contributed by atoms with Crippen LogP contribution in [0.1, 0.15) is 24.6 Å². The van der Waals surface area contributed by atoms with E-state index in [4.69, 9.17) is 0 Å². The lowest BCUT2D eigenvalue weighted by atomic mass is 9.88. The molecule has 0 saturated heterocycles. The third kappa shape index (κ3) is 1.59. The average molecular weight is 177 g/mol. The zero-order valence-electron chi connectivity index (χ0n) is 7.71. The van der Waals surface area contributed by atoms with E-state index in [1.165, 1.54) is 17.7 Å². The first-order valence-corrected chi connectivity index (χ1v) is 4.66. The average Bonchev–Trinajstić information content (AvgIpc) is 2.16. The van der Waals surface area contributed by atoms with Gasteiger partial charge in [0, 0.05) is 12.0 Å². The van der Waals surface area contributed by atoms with E-state index < -0.39 is 0 Å². The van der Waals surface area contributed by atoms with Crippen LogP contribution < -0.4 is 4.98 Å². The van der Waals surface area contributed by atoms with Crippen LogP contribution in [-0.4, -0.2) is 0 Å². The summed E-state index contributed by atoms with van der Waals surface area (Å²) < 4.78 is 0. The predicted molar refractivity (Wildman–Crippen MR) is 49.6 cm³/mol. The van der Waals surface area contributed by atoms with Crippen molar-refractivity contribution in [1.82, 2.24) is 0 Å². The van der Waals surface area contributed by atoms with Crippen molar-refractivity contribution in [2.45, 2.75) is 26.2 Å². The van der Waals surface area contributed by atoms with Gasteiger partial charge in [-0.15, -0.1) is 4.91 Å². The monoisotopic (exact) mass is 177 g/mol. The Bertz CT molecular complexity index is 336. The molecule has 3 heteroatoms. The van der Waals surface area contributed by atoms with E-state index in [9.17, 15) is 4.91 Å². The molecule has 1 aliphatic rings. The van der Waals surface area contributed by atoms with E-state index in [1.54, 1.807) is 6.20 Å². The van der Waals surface area contributed by atoms with Crippen LogP contribution in [0, 0.1) is 10.8 Å². The zero-order valence-corrected chi connectivity index (χ0v) is 7.71. The quantitative estimate of drug-likeness (QED) is 0.605. The molecule has 1 heterocycles. The maximum atomic E-state index is 10.3. The van der Waals surface area contributed by atoms with Crippen molar-refractivity contribution in [3.8, 4) is 0 Å². The number of pyridine rings is 1. The number of aromatic nitrogens is 1. The van der Waals surface area contributed by atoms with Gasteiger partial charge in [-0.1, -0.05) is 6.92 Å². The van der Waals surface area contributed by atoms with E-state index in [0.29, 0.717) is 5.69 Å². The molecule has 13 heavy (non-hydrogen) atoms. The summed E-state index contributed by atoms with van der Waals surface area (Å²) in [5.74, 6) is 0.725. The van der Waals surface area contributed by atoms with Crippen molar-refractivity contribution in [3.63, 3.8) is 0 Å². The van der Waals surface area contributed by atoms with Crippen LogP contribution in [-0.2, 0) is 12.8 Å². The Kier molecular flexibility index (Phi) is 2.08. The molecule has 3 nitrogen and oxygen atoms in total. The van der Waals surface area contributed by atoms with Gasteiger partial charge < -0.3 is 0 Å². The molecule has 0 aromatic carbocycles. The highest BCUT2D eigenvalue weighted by Crippen LogP contribution is 2.24. The maximum absolute atomic E-state index is 10.3. The molecule has 2 rings (SSSR count). The van der Waals surface area contributed by atoms with Gasteiger partial charge in [-0.2, -0.15) is 0 Å². The number of hydrogen-bond acceptors (Lipinski definition) is 2. The summed E-state index contributed by atoms with van der Waals surface area (Å²) in [6.07, 6.45) is 5.07. The Morgan fingerprint density at radius 1 is 1.62 bits per heavy atom. The number of nitrogens with one attached hydrogen (secondary N) is 1. The first-order chi connectivity index (χ1) is 6.29. The highest BCUT2D eigenvalue weighted by molar-refractivity contribution is 5.37. The molecule has 68 valence electrons. The Labute approximate surface area is 77.2 Å². The maximum Gasteiger partial charge on any atom is 0.196 e. The first kappa shape index (κ1) is 8.35. The van der Waals surface area contributed by atoms with Crippen molar-refractivity contribution in [3.05, 3.63) is 28.4 Å². The Balaban J connectivity index is 2.38. The fourth-order valence-corrected chi connectivity index (χ4v) is 1.90. The number of H-pyrrole nitrogens is 1. The van der Waals surface area contributed by atoms with Crippen molar-refractivity contribution < 1.29 is 4.98 Å². The van der Waals surface area contributed by atoms with Crippen LogP contribution in [0.2, 0.25) is 0 Å². The highest BCUT2D eigenvalue weighted by atomic mass is 16.3. The second kappa shape index (κ2) is 3.24. The van der Waals surface area contributed by atoms with Gasteiger partial charge in [-0.3, -0.25) is 0 Å². The van der Waals surface area contributed by atoms with Crippen molar-refractivity contribution in [1.29, 1.82) is 0 Å². The lowest BCUT2D eigenvalue weighted by Crippen LogP contribution is -2.21. The molecule has 1 unspecified atom stereocenters. The Morgan fingerprint density at radius 3 is 3.23 bits per heavy atom. The lowest BCUT2D eigenvalue weighted by Gasteiger charge is -2.16. The number of hydrogen-bond donors (Lipinski definition) is 0. The minimum absolute atomic E-state index is 0.507. The fraction of sp³-hybridized carbons (Fsp3) is 0.500. The standard InChI is InChI=1S/C10H12N2O/c1-7-2-3-10-8(4-7)5-9(12-13)6-11-10/h5-7H,2-4H2,1H3/p+1. The molecular formula is C10H13N2O+. The Hall–Kier alpha value is -1.25. The number of nitrogens with zero attached hydrogens (tertiary/aromatic N) is 1. The second-order valence-electron chi connectivity index (χ2n) is 3.80.